The van der Waals surface area contributed by atoms with E-state index in [4.69, 9.17) is 14.5 Å². The number of aromatic carboxylic acids is 1. The number of para-hydroxylation sites is 1. The minimum atomic E-state index is -0.988. The highest BCUT2D eigenvalue weighted by Crippen LogP contribution is 2.34. The first-order valence-electron chi connectivity index (χ1n) is 13.1. The third-order valence-corrected chi connectivity index (χ3v) is 6.89. The molecule has 2 N–H and O–H groups in total. The van der Waals surface area contributed by atoms with Gasteiger partial charge >= 0.3 is 5.97 Å². The molecule has 40 heavy (non-hydrogen) atoms. The van der Waals surface area contributed by atoms with E-state index >= 15 is 0 Å². The Bertz CT molecular complexity index is 1520. The van der Waals surface area contributed by atoms with Crippen LogP contribution in [0.2, 0.25) is 0 Å². The quantitative estimate of drug-likeness (QED) is 0.224. The van der Waals surface area contributed by atoms with Gasteiger partial charge in [-0.1, -0.05) is 30.3 Å². The zero-order valence-electron chi connectivity index (χ0n) is 23.3. The van der Waals surface area contributed by atoms with Crippen LogP contribution in [0.15, 0.2) is 66.7 Å². The van der Waals surface area contributed by atoms with Crippen molar-refractivity contribution in [3.63, 3.8) is 0 Å². The van der Waals surface area contributed by atoms with Crippen molar-refractivity contribution in [3.8, 4) is 17.2 Å². The Morgan fingerprint density at radius 1 is 1.05 bits per heavy atom. The third kappa shape index (κ3) is 6.40. The fourth-order valence-corrected chi connectivity index (χ4v) is 4.84. The summed E-state index contributed by atoms with van der Waals surface area (Å²) in [6, 6.07) is 23.1. The minimum absolute atomic E-state index is 0.210. The van der Waals surface area contributed by atoms with Gasteiger partial charge in [-0.3, -0.25) is 0 Å². The Kier molecular flexibility index (Phi) is 9.33. The number of fused-ring (bicyclic) bond motifs is 1. The number of benzene rings is 3. The first-order chi connectivity index (χ1) is 19.4. The van der Waals surface area contributed by atoms with E-state index in [9.17, 15) is 15.2 Å². The molecule has 8 nitrogen and oxygen atoms in total. The number of methoxy groups -OCH3 is 2. The van der Waals surface area contributed by atoms with Crippen LogP contribution in [-0.2, 0) is 9.47 Å². The number of nitriles is 1. The van der Waals surface area contributed by atoms with Crippen molar-refractivity contribution in [3.05, 3.63) is 89.1 Å². The van der Waals surface area contributed by atoms with Crippen LogP contribution in [-0.4, -0.2) is 56.6 Å². The van der Waals surface area contributed by atoms with Gasteiger partial charge in [0.15, 0.2) is 0 Å². The van der Waals surface area contributed by atoms with Crippen molar-refractivity contribution in [2.45, 2.75) is 19.9 Å². The number of ether oxygens (including phenoxy) is 2. The Balaban J connectivity index is 1.74. The summed E-state index contributed by atoms with van der Waals surface area (Å²) >= 11 is 0. The minimum Gasteiger partial charge on any atom is -0.478 e. The molecule has 0 fully saturated rings. The molecule has 4 rings (SSSR count). The number of aryl methyl sites for hydroxylation is 1. The maximum Gasteiger partial charge on any atom is 0.337 e. The molecular weight excluding hydrogens is 504 g/mol. The second kappa shape index (κ2) is 13.1. The molecule has 0 aliphatic heterocycles. The van der Waals surface area contributed by atoms with Crippen LogP contribution < -0.4 is 10.2 Å². The SMILES string of the molecule is COCCN(CCOC)c1ccc(-c2cc3c(C(C)Nc4ccccc4C(=O)O)cc(C)cc3nc2C#N)cc1. The standard InChI is InChI=1S/C32H34N4O4/c1-21-17-26(22(2)34-29-8-6-5-7-25(29)32(37)38)28-19-27(31(20-33)35-30(28)18-21)23-9-11-24(12-10-23)36(13-15-39-3)14-16-40-4/h5-12,17-19,22,34H,13-16H2,1-4H3,(H,37,38). The van der Waals surface area contributed by atoms with E-state index in [0.29, 0.717) is 24.6 Å². The number of aromatic nitrogens is 1. The largest absolute Gasteiger partial charge is 0.478 e. The molecule has 1 aromatic heterocycles. The highest BCUT2D eigenvalue weighted by Gasteiger charge is 2.18. The summed E-state index contributed by atoms with van der Waals surface area (Å²) < 4.78 is 10.5. The Labute approximate surface area is 234 Å². The number of nitrogens with one attached hydrogen (secondary N) is 1. The average Bonchev–Trinajstić information content (AvgIpc) is 2.96. The van der Waals surface area contributed by atoms with E-state index in [1.807, 2.05) is 56.3 Å². The molecule has 0 saturated carbocycles. The summed E-state index contributed by atoms with van der Waals surface area (Å²) in [6.07, 6.45) is 0. The molecule has 0 saturated heterocycles. The molecule has 206 valence electrons. The van der Waals surface area contributed by atoms with Crippen molar-refractivity contribution >= 4 is 28.2 Å². The van der Waals surface area contributed by atoms with Crippen LogP contribution >= 0.6 is 0 Å². The lowest BCUT2D eigenvalue weighted by Crippen LogP contribution is -2.30. The number of carboxylic acids is 1. The number of hydrogen-bond donors (Lipinski definition) is 2. The topological polar surface area (TPSA) is 108 Å². The molecule has 1 unspecified atom stereocenters. The monoisotopic (exact) mass is 538 g/mol. The molecule has 0 amide bonds. The van der Waals surface area contributed by atoms with Crippen LogP contribution in [0.4, 0.5) is 11.4 Å². The van der Waals surface area contributed by atoms with E-state index in [2.05, 4.69) is 22.4 Å². The van der Waals surface area contributed by atoms with Gasteiger partial charge in [-0.2, -0.15) is 5.26 Å². The predicted molar refractivity (Wildman–Crippen MR) is 158 cm³/mol. The summed E-state index contributed by atoms with van der Waals surface area (Å²) in [5.41, 5.74) is 6.46. The highest BCUT2D eigenvalue weighted by molar-refractivity contribution is 5.94. The van der Waals surface area contributed by atoms with E-state index < -0.39 is 5.97 Å². The van der Waals surface area contributed by atoms with Gasteiger partial charge in [-0.05, 0) is 66.9 Å². The fourth-order valence-electron chi connectivity index (χ4n) is 4.84. The molecular formula is C32H34N4O4. The number of rotatable bonds is 12. The molecule has 0 spiro atoms. The lowest BCUT2D eigenvalue weighted by Gasteiger charge is -2.24. The van der Waals surface area contributed by atoms with Crippen molar-refractivity contribution in [1.29, 1.82) is 5.26 Å². The molecule has 0 bridgehead atoms. The van der Waals surface area contributed by atoms with Gasteiger partial charge < -0.3 is 24.8 Å². The van der Waals surface area contributed by atoms with Crippen molar-refractivity contribution in [2.75, 3.05) is 50.7 Å². The molecule has 0 aliphatic carbocycles. The number of carbonyl (C=O) groups is 1. The summed E-state index contributed by atoms with van der Waals surface area (Å²) in [7, 11) is 3.37. The smallest absolute Gasteiger partial charge is 0.337 e. The summed E-state index contributed by atoms with van der Waals surface area (Å²) in [5, 5.41) is 23.9. The molecule has 1 atom stereocenters. The molecule has 0 radical (unpaired) electrons. The Morgan fingerprint density at radius 2 is 1.73 bits per heavy atom. The zero-order chi connectivity index (χ0) is 28.6. The van der Waals surface area contributed by atoms with Crippen LogP contribution in [0.5, 0.6) is 0 Å². The third-order valence-electron chi connectivity index (χ3n) is 6.89. The van der Waals surface area contributed by atoms with Crippen molar-refractivity contribution in [2.24, 2.45) is 0 Å². The second-order valence-corrected chi connectivity index (χ2v) is 9.65. The molecule has 1 heterocycles. The molecule has 3 aromatic carbocycles. The van der Waals surface area contributed by atoms with E-state index in [-0.39, 0.29) is 11.6 Å². The van der Waals surface area contributed by atoms with Crippen molar-refractivity contribution in [1.82, 2.24) is 4.98 Å². The summed E-state index contributed by atoms with van der Waals surface area (Å²) in [6.45, 7) is 6.65. The summed E-state index contributed by atoms with van der Waals surface area (Å²) in [4.78, 5) is 18.7. The van der Waals surface area contributed by atoms with Gasteiger partial charge in [0.2, 0.25) is 0 Å². The zero-order valence-corrected chi connectivity index (χ0v) is 23.3. The van der Waals surface area contributed by atoms with E-state index in [1.54, 1.807) is 32.4 Å². The van der Waals surface area contributed by atoms with Gasteiger partial charge in [-0.25, -0.2) is 9.78 Å². The lowest BCUT2D eigenvalue weighted by atomic mass is 9.95. The van der Waals surface area contributed by atoms with E-state index in [0.717, 1.165) is 51.9 Å². The molecule has 8 heteroatoms. The number of pyridine rings is 1. The molecule has 0 aliphatic rings. The second-order valence-electron chi connectivity index (χ2n) is 9.65. The number of anilines is 2. The Hall–Kier alpha value is -4.45. The first-order valence-corrected chi connectivity index (χ1v) is 13.1. The van der Waals surface area contributed by atoms with Gasteiger partial charge in [0.05, 0.1) is 24.3 Å². The average molecular weight is 539 g/mol. The summed E-state index contributed by atoms with van der Waals surface area (Å²) in [5.74, 6) is -0.988. The van der Waals surface area contributed by atoms with Crippen LogP contribution in [0.3, 0.4) is 0 Å². The van der Waals surface area contributed by atoms with E-state index in [1.165, 1.54) is 0 Å². The maximum absolute atomic E-state index is 11.8. The highest BCUT2D eigenvalue weighted by atomic mass is 16.5. The Morgan fingerprint density at radius 3 is 2.35 bits per heavy atom. The lowest BCUT2D eigenvalue weighted by molar-refractivity contribution is 0.0698. The number of carboxylic acid groups (broad SMARTS) is 1. The number of nitrogens with zero attached hydrogens (tertiary/aromatic N) is 3. The maximum atomic E-state index is 11.8. The van der Waals surface area contributed by atoms with Crippen LogP contribution in [0.1, 0.15) is 40.1 Å². The van der Waals surface area contributed by atoms with Gasteiger partial charge in [0, 0.05) is 55.7 Å². The predicted octanol–water partition coefficient (Wildman–Crippen LogP) is 6.05. The first kappa shape index (κ1) is 28.6. The number of hydrogen-bond acceptors (Lipinski definition) is 7. The fraction of sp³-hybridized carbons (Fsp3) is 0.281. The van der Waals surface area contributed by atoms with Crippen molar-refractivity contribution < 1.29 is 19.4 Å². The van der Waals surface area contributed by atoms with Crippen LogP contribution in [0, 0.1) is 18.3 Å². The van der Waals surface area contributed by atoms with Gasteiger partial charge in [0.1, 0.15) is 11.8 Å². The molecule has 4 aromatic rings. The normalized spacial score (nSPS) is 11.7. The van der Waals surface area contributed by atoms with Gasteiger partial charge in [-0.15, -0.1) is 0 Å². The van der Waals surface area contributed by atoms with Gasteiger partial charge in [0.25, 0.3) is 0 Å². The van der Waals surface area contributed by atoms with Crippen LogP contribution in [0.25, 0.3) is 22.0 Å².